The van der Waals surface area contributed by atoms with E-state index in [-0.39, 0.29) is 11.7 Å². The molecule has 0 bridgehead atoms. The lowest BCUT2D eigenvalue weighted by atomic mass is 10.1. The predicted molar refractivity (Wildman–Crippen MR) is 63.5 cm³/mol. The molecule has 0 atom stereocenters. The first kappa shape index (κ1) is 9.52. The number of fused-ring (bicyclic) bond motifs is 1. The minimum atomic E-state index is 0.217. The van der Waals surface area contributed by atoms with Gasteiger partial charge in [-0.2, -0.15) is 0 Å². The van der Waals surface area contributed by atoms with Crippen molar-refractivity contribution in [1.82, 2.24) is 4.98 Å². The second-order valence-electron chi connectivity index (χ2n) is 4.48. The maximum absolute atomic E-state index is 11.9. The Bertz CT molecular complexity index is 570. The lowest BCUT2D eigenvalue weighted by Crippen LogP contribution is -2.05. The number of aromatic nitrogens is 1. The average Bonchev–Trinajstić information content (AvgIpc) is 3.12. The van der Waals surface area contributed by atoms with Gasteiger partial charge in [0.1, 0.15) is 5.69 Å². The summed E-state index contributed by atoms with van der Waals surface area (Å²) in [5, 5.41) is 1.13. The Morgan fingerprint density at radius 2 is 2.06 bits per heavy atom. The van der Waals surface area contributed by atoms with Gasteiger partial charge in [0.15, 0.2) is 5.78 Å². The van der Waals surface area contributed by atoms with E-state index in [4.69, 9.17) is 0 Å². The molecule has 0 aliphatic heterocycles. The van der Waals surface area contributed by atoms with Crippen LogP contribution >= 0.6 is 0 Å². The molecule has 1 aromatic carbocycles. The van der Waals surface area contributed by atoms with Crippen LogP contribution in [-0.2, 0) is 0 Å². The Kier molecular flexibility index (Phi) is 2.03. The van der Waals surface area contributed by atoms with Crippen LogP contribution in [0.15, 0.2) is 30.3 Å². The molecule has 2 aromatic rings. The maximum Gasteiger partial charge on any atom is 0.184 e. The molecule has 0 radical (unpaired) electrons. The van der Waals surface area contributed by atoms with Crippen molar-refractivity contribution in [3.05, 3.63) is 41.6 Å². The van der Waals surface area contributed by atoms with Gasteiger partial charge in [-0.25, -0.2) is 4.98 Å². The minimum absolute atomic E-state index is 0.217. The summed E-state index contributed by atoms with van der Waals surface area (Å²) in [6, 6.07) is 9.89. The van der Waals surface area contributed by atoms with Gasteiger partial charge in [0.2, 0.25) is 0 Å². The van der Waals surface area contributed by atoms with Crippen LogP contribution in [0.4, 0.5) is 0 Å². The summed E-state index contributed by atoms with van der Waals surface area (Å²) in [5.74, 6) is 0.460. The van der Waals surface area contributed by atoms with E-state index in [0.29, 0.717) is 5.69 Å². The molecule has 16 heavy (non-hydrogen) atoms. The van der Waals surface area contributed by atoms with Gasteiger partial charge in [0, 0.05) is 11.3 Å². The fourth-order valence-corrected chi connectivity index (χ4v) is 2.03. The molecular weight excluding hydrogens is 198 g/mol. The summed E-state index contributed by atoms with van der Waals surface area (Å²) in [6.45, 7) is 2.04. The number of ketones is 1. The zero-order valence-corrected chi connectivity index (χ0v) is 9.23. The minimum Gasteiger partial charge on any atom is -0.292 e. The first-order valence-electron chi connectivity index (χ1n) is 5.66. The number of rotatable bonds is 2. The van der Waals surface area contributed by atoms with E-state index >= 15 is 0 Å². The van der Waals surface area contributed by atoms with Gasteiger partial charge in [0.05, 0.1) is 5.52 Å². The monoisotopic (exact) mass is 211 g/mol. The summed E-state index contributed by atoms with van der Waals surface area (Å²) in [5.41, 5.74) is 2.69. The highest BCUT2D eigenvalue weighted by molar-refractivity contribution is 6.00. The molecule has 1 aromatic heterocycles. The fraction of sp³-hybridized carbons (Fsp3) is 0.286. The van der Waals surface area contributed by atoms with E-state index in [1.807, 2.05) is 37.3 Å². The first-order chi connectivity index (χ1) is 7.75. The number of aryl methyl sites for hydroxylation is 1. The van der Waals surface area contributed by atoms with Gasteiger partial charge in [-0.15, -0.1) is 0 Å². The van der Waals surface area contributed by atoms with E-state index < -0.39 is 0 Å². The van der Waals surface area contributed by atoms with Crippen molar-refractivity contribution in [2.45, 2.75) is 19.8 Å². The van der Waals surface area contributed by atoms with Crippen molar-refractivity contribution in [2.75, 3.05) is 0 Å². The van der Waals surface area contributed by atoms with Gasteiger partial charge >= 0.3 is 0 Å². The van der Waals surface area contributed by atoms with E-state index in [2.05, 4.69) is 4.98 Å². The van der Waals surface area contributed by atoms with Crippen LogP contribution in [-0.4, -0.2) is 10.8 Å². The summed E-state index contributed by atoms with van der Waals surface area (Å²) < 4.78 is 0. The van der Waals surface area contributed by atoms with E-state index in [0.717, 1.165) is 29.3 Å². The number of para-hydroxylation sites is 1. The van der Waals surface area contributed by atoms with Crippen molar-refractivity contribution in [2.24, 2.45) is 5.92 Å². The van der Waals surface area contributed by atoms with Gasteiger partial charge in [-0.1, -0.05) is 18.2 Å². The van der Waals surface area contributed by atoms with Crippen LogP contribution in [0, 0.1) is 12.8 Å². The largest absolute Gasteiger partial charge is 0.292 e. The Labute approximate surface area is 94.3 Å². The number of benzene rings is 1. The predicted octanol–water partition coefficient (Wildman–Crippen LogP) is 3.14. The highest BCUT2D eigenvalue weighted by atomic mass is 16.1. The number of carbonyl (C=O) groups is 1. The molecule has 1 heterocycles. The first-order valence-corrected chi connectivity index (χ1v) is 5.66. The summed E-state index contributed by atoms with van der Waals surface area (Å²) in [6.07, 6.45) is 2.07. The Morgan fingerprint density at radius 3 is 2.81 bits per heavy atom. The third-order valence-electron chi connectivity index (χ3n) is 3.12. The molecule has 0 N–H and O–H groups in total. The van der Waals surface area contributed by atoms with Crippen LogP contribution in [0.2, 0.25) is 0 Å². The zero-order valence-electron chi connectivity index (χ0n) is 9.23. The second kappa shape index (κ2) is 3.41. The second-order valence-corrected chi connectivity index (χ2v) is 4.48. The molecule has 1 fully saturated rings. The SMILES string of the molecule is Cc1cc(C(=O)C2CC2)nc2ccccc12. The number of hydrogen-bond acceptors (Lipinski definition) is 2. The normalized spacial score (nSPS) is 15.3. The number of Topliss-reactive ketones (excluding diaryl/α,β-unsaturated/α-hetero) is 1. The van der Waals surface area contributed by atoms with Crippen LogP contribution in [0.5, 0.6) is 0 Å². The molecule has 0 amide bonds. The van der Waals surface area contributed by atoms with Gasteiger partial charge < -0.3 is 0 Å². The fourth-order valence-electron chi connectivity index (χ4n) is 2.03. The van der Waals surface area contributed by atoms with Crippen molar-refractivity contribution < 1.29 is 4.79 Å². The van der Waals surface area contributed by atoms with E-state index in [9.17, 15) is 4.79 Å². The average molecular weight is 211 g/mol. The Morgan fingerprint density at radius 1 is 1.31 bits per heavy atom. The molecule has 1 saturated carbocycles. The molecule has 0 saturated heterocycles. The van der Waals surface area contributed by atoms with Crippen LogP contribution in [0.1, 0.15) is 28.9 Å². The smallest absolute Gasteiger partial charge is 0.184 e. The molecule has 2 heteroatoms. The van der Waals surface area contributed by atoms with Crippen molar-refractivity contribution in [3.63, 3.8) is 0 Å². The summed E-state index contributed by atoms with van der Waals surface area (Å²) in [4.78, 5) is 16.4. The lowest BCUT2D eigenvalue weighted by Gasteiger charge is -2.04. The number of pyridine rings is 1. The highest BCUT2D eigenvalue weighted by Crippen LogP contribution is 2.32. The number of hydrogen-bond donors (Lipinski definition) is 0. The van der Waals surface area contributed by atoms with Crippen LogP contribution < -0.4 is 0 Å². The third-order valence-corrected chi connectivity index (χ3v) is 3.12. The van der Waals surface area contributed by atoms with Gasteiger partial charge in [-0.3, -0.25) is 4.79 Å². The molecule has 1 aliphatic rings. The molecule has 0 spiro atoms. The van der Waals surface area contributed by atoms with Crippen LogP contribution in [0.25, 0.3) is 10.9 Å². The van der Waals surface area contributed by atoms with Gasteiger partial charge in [0.25, 0.3) is 0 Å². The molecule has 2 nitrogen and oxygen atoms in total. The van der Waals surface area contributed by atoms with Crippen LogP contribution in [0.3, 0.4) is 0 Å². The lowest BCUT2D eigenvalue weighted by molar-refractivity contribution is 0.0963. The van der Waals surface area contributed by atoms with E-state index in [1.165, 1.54) is 0 Å². The molecular formula is C14H13NO. The zero-order chi connectivity index (χ0) is 11.1. The standard InChI is InChI=1S/C14H13NO/c1-9-8-13(14(16)10-6-7-10)15-12-5-3-2-4-11(9)12/h2-5,8,10H,6-7H2,1H3. The molecule has 0 unspecified atom stereocenters. The third kappa shape index (κ3) is 1.51. The molecule has 3 rings (SSSR count). The Balaban J connectivity index is 2.16. The number of carbonyl (C=O) groups excluding carboxylic acids is 1. The Hall–Kier alpha value is -1.70. The van der Waals surface area contributed by atoms with Crippen molar-refractivity contribution in [3.8, 4) is 0 Å². The quantitative estimate of drug-likeness (QED) is 0.714. The molecule has 1 aliphatic carbocycles. The van der Waals surface area contributed by atoms with E-state index in [1.54, 1.807) is 0 Å². The van der Waals surface area contributed by atoms with Gasteiger partial charge in [-0.05, 0) is 37.5 Å². The van der Waals surface area contributed by atoms with Crippen molar-refractivity contribution >= 4 is 16.7 Å². The summed E-state index contributed by atoms with van der Waals surface area (Å²) in [7, 11) is 0. The topological polar surface area (TPSA) is 30.0 Å². The summed E-state index contributed by atoms with van der Waals surface area (Å²) >= 11 is 0. The van der Waals surface area contributed by atoms with Crippen molar-refractivity contribution in [1.29, 1.82) is 0 Å². The molecule has 80 valence electrons. The number of nitrogens with zero attached hydrogens (tertiary/aromatic N) is 1. The maximum atomic E-state index is 11.9. The highest BCUT2D eigenvalue weighted by Gasteiger charge is 2.31.